The molecule has 1 aromatic carbocycles. The van der Waals surface area contributed by atoms with E-state index in [4.69, 9.17) is 9.47 Å². The van der Waals surface area contributed by atoms with Crippen molar-refractivity contribution in [2.45, 2.75) is 13.8 Å². The van der Waals surface area contributed by atoms with Gasteiger partial charge in [-0.05, 0) is 44.2 Å². The smallest absolute Gasteiger partial charge is 0.255 e. The van der Waals surface area contributed by atoms with Crippen molar-refractivity contribution >= 4 is 17.2 Å². The van der Waals surface area contributed by atoms with E-state index in [-0.39, 0.29) is 12.7 Å². The van der Waals surface area contributed by atoms with Crippen LogP contribution in [0.3, 0.4) is 0 Å². The Bertz CT molecular complexity index is 930. The number of carbonyl (C=O) groups is 1. The molecular formula is C17H15N3O3. The Morgan fingerprint density at radius 1 is 1.17 bits per heavy atom. The minimum Gasteiger partial charge on any atom is -0.454 e. The summed E-state index contributed by atoms with van der Waals surface area (Å²) in [7, 11) is 0. The molecule has 6 nitrogen and oxygen atoms in total. The number of fused-ring (bicyclic) bond motifs is 2. The van der Waals surface area contributed by atoms with Crippen LogP contribution in [0.5, 0.6) is 11.5 Å². The molecule has 23 heavy (non-hydrogen) atoms. The summed E-state index contributed by atoms with van der Waals surface area (Å²) in [6, 6.07) is 8.86. The van der Waals surface area contributed by atoms with Crippen LogP contribution in [0.2, 0.25) is 0 Å². The van der Waals surface area contributed by atoms with Crippen molar-refractivity contribution in [2.24, 2.45) is 0 Å². The number of aromatic nitrogens is 2. The van der Waals surface area contributed by atoms with Crippen LogP contribution in [0.25, 0.3) is 5.65 Å². The Hall–Kier alpha value is -3.02. The monoisotopic (exact) mass is 309 g/mol. The SMILES string of the molecule is Cc1nc2ccc(NC(=O)c3ccc4c(c3)OCO4)cn2c1C. The molecule has 1 N–H and O–H groups in total. The lowest BCUT2D eigenvalue weighted by Gasteiger charge is -2.07. The Morgan fingerprint density at radius 3 is 2.87 bits per heavy atom. The third-order valence-electron chi connectivity index (χ3n) is 3.99. The second-order valence-corrected chi connectivity index (χ2v) is 5.45. The largest absolute Gasteiger partial charge is 0.454 e. The number of pyridine rings is 1. The first-order valence-corrected chi connectivity index (χ1v) is 7.28. The highest BCUT2D eigenvalue weighted by atomic mass is 16.7. The van der Waals surface area contributed by atoms with Gasteiger partial charge in [-0.2, -0.15) is 0 Å². The lowest BCUT2D eigenvalue weighted by atomic mass is 10.2. The van der Waals surface area contributed by atoms with Gasteiger partial charge < -0.3 is 19.2 Å². The van der Waals surface area contributed by atoms with Crippen molar-refractivity contribution in [1.29, 1.82) is 0 Å². The zero-order chi connectivity index (χ0) is 16.0. The van der Waals surface area contributed by atoms with E-state index in [0.29, 0.717) is 22.7 Å². The van der Waals surface area contributed by atoms with Crippen LogP contribution in [0.1, 0.15) is 21.7 Å². The normalized spacial score (nSPS) is 12.6. The molecule has 1 amide bonds. The summed E-state index contributed by atoms with van der Waals surface area (Å²) in [5.41, 5.74) is 4.12. The van der Waals surface area contributed by atoms with Gasteiger partial charge in [-0.15, -0.1) is 0 Å². The van der Waals surface area contributed by atoms with E-state index >= 15 is 0 Å². The molecule has 0 aliphatic carbocycles. The third-order valence-corrected chi connectivity index (χ3v) is 3.99. The van der Waals surface area contributed by atoms with Crippen LogP contribution in [-0.2, 0) is 0 Å². The van der Waals surface area contributed by atoms with Crippen LogP contribution in [0, 0.1) is 13.8 Å². The Labute approximate surface area is 132 Å². The molecule has 0 unspecified atom stereocenters. The number of rotatable bonds is 2. The molecule has 0 fully saturated rings. The van der Waals surface area contributed by atoms with E-state index in [1.165, 1.54) is 0 Å². The van der Waals surface area contributed by atoms with Crippen molar-refractivity contribution < 1.29 is 14.3 Å². The average Bonchev–Trinajstić information content (AvgIpc) is 3.12. The number of aryl methyl sites for hydroxylation is 2. The Morgan fingerprint density at radius 2 is 2.00 bits per heavy atom. The van der Waals surface area contributed by atoms with Crippen molar-refractivity contribution in [3.8, 4) is 11.5 Å². The summed E-state index contributed by atoms with van der Waals surface area (Å²) in [4.78, 5) is 16.9. The molecule has 0 spiro atoms. The number of nitrogens with zero attached hydrogens (tertiary/aromatic N) is 2. The molecule has 1 aliphatic heterocycles. The lowest BCUT2D eigenvalue weighted by Crippen LogP contribution is -2.12. The summed E-state index contributed by atoms with van der Waals surface area (Å²) in [5, 5.41) is 2.89. The molecule has 3 aromatic rings. The third kappa shape index (κ3) is 2.28. The van der Waals surface area contributed by atoms with Gasteiger partial charge >= 0.3 is 0 Å². The highest BCUT2D eigenvalue weighted by Crippen LogP contribution is 2.32. The van der Waals surface area contributed by atoms with Gasteiger partial charge in [-0.3, -0.25) is 4.79 Å². The van der Waals surface area contributed by atoms with E-state index < -0.39 is 0 Å². The van der Waals surface area contributed by atoms with E-state index in [2.05, 4.69) is 10.3 Å². The van der Waals surface area contributed by atoms with E-state index in [1.54, 1.807) is 18.2 Å². The maximum absolute atomic E-state index is 12.4. The van der Waals surface area contributed by atoms with Crippen molar-refractivity contribution in [2.75, 3.05) is 12.1 Å². The summed E-state index contributed by atoms with van der Waals surface area (Å²) in [6.07, 6.45) is 1.87. The van der Waals surface area contributed by atoms with Gasteiger partial charge in [0.05, 0.1) is 11.4 Å². The number of amides is 1. The summed E-state index contributed by atoms with van der Waals surface area (Å²) in [6.45, 7) is 4.16. The quantitative estimate of drug-likeness (QED) is 0.790. The number of imidazole rings is 1. The Kier molecular flexibility index (Phi) is 2.97. The predicted octanol–water partition coefficient (Wildman–Crippen LogP) is 2.93. The number of anilines is 1. The number of carbonyl (C=O) groups excluding carboxylic acids is 1. The van der Waals surface area contributed by atoms with Gasteiger partial charge in [0.1, 0.15) is 5.65 Å². The minimum absolute atomic E-state index is 0.191. The molecule has 4 rings (SSSR count). The predicted molar refractivity (Wildman–Crippen MR) is 85.2 cm³/mol. The molecule has 0 saturated carbocycles. The molecule has 116 valence electrons. The van der Waals surface area contributed by atoms with Crippen molar-refractivity contribution in [3.05, 3.63) is 53.5 Å². The molecule has 0 bridgehead atoms. The molecule has 0 saturated heterocycles. The number of benzene rings is 1. The second-order valence-electron chi connectivity index (χ2n) is 5.45. The van der Waals surface area contributed by atoms with Gasteiger partial charge in [0.25, 0.3) is 5.91 Å². The van der Waals surface area contributed by atoms with Gasteiger partial charge in [-0.1, -0.05) is 0 Å². The molecular weight excluding hydrogens is 294 g/mol. The van der Waals surface area contributed by atoms with Gasteiger partial charge in [-0.25, -0.2) is 4.98 Å². The number of hydrogen-bond acceptors (Lipinski definition) is 4. The first-order chi connectivity index (χ1) is 11.1. The second kappa shape index (κ2) is 5.01. The van der Waals surface area contributed by atoms with E-state index in [1.807, 2.05) is 36.6 Å². The molecule has 2 aromatic heterocycles. The van der Waals surface area contributed by atoms with Crippen LogP contribution < -0.4 is 14.8 Å². The fourth-order valence-corrected chi connectivity index (χ4v) is 2.59. The van der Waals surface area contributed by atoms with Crippen LogP contribution in [-0.4, -0.2) is 22.1 Å². The summed E-state index contributed by atoms with van der Waals surface area (Å²) in [5.74, 6) is 1.05. The fourth-order valence-electron chi connectivity index (χ4n) is 2.59. The first kappa shape index (κ1) is 13.6. The summed E-state index contributed by atoms with van der Waals surface area (Å²) >= 11 is 0. The van der Waals surface area contributed by atoms with Crippen LogP contribution in [0.4, 0.5) is 5.69 Å². The lowest BCUT2D eigenvalue weighted by molar-refractivity contribution is 0.102. The molecule has 6 heteroatoms. The first-order valence-electron chi connectivity index (χ1n) is 7.28. The van der Waals surface area contributed by atoms with Gasteiger partial charge in [0.15, 0.2) is 11.5 Å². The van der Waals surface area contributed by atoms with Gasteiger partial charge in [0.2, 0.25) is 6.79 Å². The van der Waals surface area contributed by atoms with Crippen LogP contribution >= 0.6 is 0 Å². The number of hydrogen-bond donors (Lipinski definition) is 1. The number of ether oxygens (including phenoxy) is 2. The zero-order valence-electron chi connectivity index (χ0n) is 12.8. The maximum atomic E-state index is 12.4. The van der Waals surface area contributed by atoms with E-state index in [9.17, 15) is 4.79 Å². The fraction of sp³-hybridized carbons (Fsp3) is 0.176. The highest BCUT2D eigenvalue weighted by molar-refractivity contribution is 6.04. The maximum Gasteiger partial charge on any atom is 0.255 e. The number of nitrogens with one attached hydrogen (secondary N) is 1. The molecule has 1 aliphatic rings. The Balaban J connectivity index is 1.62. The standard InChI is InChI=1S/C17H15N3O3/c1-10-11(2)20-8-13(4-6-16(20)18-10)19-17(21)12-3-5-14-15(7-12)23-9-22-14/h3-8H,9H2,1-2H3,(H,19,21). The minimum atomic E-state index is -0.197. The van der Waals surface area contributed by atoms with Crippen molar-refractivity contribution in [1.82, 2.24) is 9.38 Å². The average molecular weight is 309 g/mol. The molecule has 3 heterocycles. The highest BCUT2D eigenvalue weighted by Gasteiger charge is 2.16. The van der Waals surface area contributed by atoms with Crippen molar-refractivity contribution in [3.63, 3.8) is 0 Å². The van der Waals surface area contributed by atoms with Crippen LogP contribution in [0.15, 0.2) is 36.5 Å². The molecule has 0 radical (unpaired) electrons. The zero-order valence-corrected chi connectivity index (χ0v) is 12.8. The molecule has 0 atom stereocenters. The van der Waals surface area contributed by atoms with Gasteiger partial charge in [0, 0.05) is 17.5 Å². The topological polar surface area (TPSA) is 64.9 Å². The van der Waals surface area contributed by atoms with E-state index in [0.717, 1.165) is 17.0 Å². The summed E-state index contributed by atoms with van der Waals surface area (Å²) < 4.78 is 12.5.